The number of pyridine rings is 4. The first-order valence-electron chi connectivity index (χ1n) is 40.2. The van der Waals surface area contributed by atoms with Gasteiger partial charge >= 0.3 is 0 Å². The summed E-state index contributed by atoms with van der Waals surface area (Å²) in [7, 11) is 1.80. The zero-order chi connectivity index (χ0) is 68.6. The molecule has 0 amide bonds. The van der Waals surface area contributed by atoms with E-state index in [4.69, 9.17) is 49.4 Å². The number of amidine groups is 4. The van der Waals surface area contributed by atoms with Gasteiger partial charge in [0.1, 0.15) is 5.75 Å². The molecule has 0 N–H and O–H groups in total. The number of benzene rings is 2. The molecule has 0 saturated heterocycles. The number of aliphatic imine (C=N–C) groups is 4. The van der Waals surface area contributed by atoms with Crippen molar-refractivity contribution < 1.29 is 9.47 Å². The summed E-state index contributed by atoms with van der Waals surface area (Å²) in [5.74, 6) is 5.53. The van der Waals surface area contributed by atoms with Gasteiger partial charge in [-0.15, -0.1) is 0 Å². The number of aromatic nitrogens is 4. The molecule has 6 aromatic rings. The second-order valence-electron chi connectivity index (χ2n) is 31.8. The molecule has 0 atom stereocenters. The Labute approximate surface area is 594 Å². The van der Waals surface area contributed by atoms with Crippen LogP contribution in [0.25, 0.3) is 45.0 Å². The molecule has 8 aliphatic rings. The van der Waals surface area contributed by atoms with E-state index in [1.165, 1.54) is 178 Å². The van der Waals surface area contributed by atoms with Gasteiger partial charge in [-0.05, 0) is 191 Å². The molecule has 4 fully saturated rings. The van der Waals surface area contributed by atoms with E-state index < -0.39 is 0 Å². The van der Waals surface area contributed by atoms with E-state index in [1.807, 2.05) is 18.6 Å². The van der Waals surface area contributed by atoms with Crippen LogP contribution in [0.4, 0.5) is 0 Å². The zero-order valence-electron chi connectivity index (χ0n) is 62.3. The maximum atomic E-state index is 6.78. The van der Waals surface area contributed by atoms with E-state index in [2.05, 4.69) is 141 Å². The van der Waals surface area contributed by atoms with Gasteiger partial charge in [-0.1, -0.05) is 233 Å². The minimum Gasteiger partial charge on any atom is -0.492 e. The molecule has 6 aliphatic carbocycles. The van der Waals surface area contributed by atoms with Crippen LogP contribution < -0.4 is 4.74 Å². The number of ether oxygens (including phenoxy) is 2. The Balaban J connectivity index is 0.788. The monoisotopic (exact) mass is 1330 g/mol. The highest BCUT2D eigenvalue weighted by molar-refractivity contribution is 6.53. The molecule has 2 aromatic carbocycles. The third-order valence-corrected chi connectivity index (χ3v) is 28.1. The minimum atomic E-state index is -0.281. The van der Waals surface area contributed by atoms with Crippen molar-refractivity contribution in [3.8, 4) is 50.8 Å². The average Bonchev–Trinajstić information content (AvgIpc) is 1.48. The first kappa shape index (κ1) is 69.6. The van der Waals surface area contributed by atoms with Crippen molar-refractivity contribution >= 4 is 23.3 Å². The summed E-state index contributed by atoms with van der Waals surface area (Å²) < 4.78 is 12.0. The molecule has 4 aromatic heterocycles. The lowest BCUT2D eigenvalue weighted by atomic mass is 9.49. The number of hydrogen-bond donors (Lipinski definition) is 0. The lowest BCUT2D eigenvalue weighted by molar-refractivity contribution is 0.0617. The highest BCUT2D eigenvalue weighted by Gasteiger charge is 2.79. The minimum absolute atomic E-state index is 0.0486. The first-order chi connectivity index (χ1) is 48.5. The fourth-order valence-corrected chi connectivity index (χ4v) is 24.0. The van der Waals surface area contributed by atoms with E-state index in [-0.39, 0.29) is 32.5 Å². The van der Waals surface area contributed by atoms with E-state index >= 15 is 0 Å². The zero-order valence-corrected chi connectivity index (χ0v) is 62.3. The summed E-state index contributed by atoms with van der Waals surface area (Å²) in [5, 5.41) is 0. The van der Waals surface area contributed by atoms with Crippen molar-refractivity contribution in [2.75, 3.05) is 20.3 Å². The Hall–Kier alpha value is -6.52. The lowest BCUT2D eigenvalue weighted by Gasteiger charge is -2.53. The van der Waals surface area contributed by atoms with Crippen LogP contribution in [-0.2, 0) is 22.0 Å². The third-order valence-electron chi connectivity index (χ3n) is 28.1. The van der Waals surface area contributed by atoms with Crippen LogP contribution in [-0.4, -0.2) is 63.6 Å². The molecule has 0 unspecified atom stereocenters. The number of rotatable bonds is 35. The van der Waals surface area contributed by atoms with Crippen LogP contribution in [0.15, 0.2) is 118 Å². The summed E-state index contributed by atoms with van der Waals surface area (Å²) in [6.45, 7) is 23.5. The lowest BCUT2D eigenvalue weighted by Crippen LogP contribution is -2.51. The Bertz CT molecular complexity index is 3920. The molecule has 6 heterocycles. The normalized spacial score (nSPS) is 24.8. The Morgan fingerprint density at radius 2 is 0.657 bits per heavy atom. The summed E-state index contributed by atoms with van der Waals surface area (Å²) in [6.07, 6.45) is 46.1. The summed E-state index contributed by atoms with van der Waals surface area (Å²) >= 11 is 0. The number of unbranched alkanes of at least 4 members (excludes halogenated alkanes) is 12. The highest BCUT2D eigenvalue weighted by atomic mass is 16.5. The number of hydrogen-bond acceptors (Lipinski definition) is 10. The Morgan fingerprint density at radius 3 is 1.06 bits per heavy atom. The molecular weight excluding hydrogens is 1210 g/mol. The first-order valence-corrected chi connectivity index (χ1v) is 40.2. The van der Waals surface area contributed by atoms with Gasteiger partial charge in [0.15, 0.2) is 11.7 Å². The Morgan fingerprint density at radius 1 is 0.333 bits per heavy atom. The van der Waals surface area contributed by atoms with Crippen LogP contribution in [0.2, 0.25) is 0 Å². The van der Waals surface area contributed by atoms with Crippen LogP contribution in [0, 0.1) is 45.3 Å². The second-order valence-corrected chi connectivity index (χ2v) is 31.8. The van der Waals surface area contributed by atoms with Crippen molar-refractivity contribution in [2.45, 2.75) is 272 Å². The van der Waals surface area contributed by atoms with Crippen molar-refractivity contribution in [3.05, 3.63) is 137 Å². The predicted molar refractivity (Wildman–Crippen MR) is 410 cm³/mol. The van der Waals surface area contributed by atoms with Crippen LogP contribution in [0.3, 0.4) is 0 Å². The number of nitrogens with zero attached hydrogens (tertiary/aromatic N) is 8. The van der Waals surface area contributed by atoms with E-state index in [0.29, 0.717) is 53.6 Å². The van der Waals surface area contributed by atoms with E-state index in [1.54, 1.807) is 7.11 Å². The summed E-state index contributed by atoms with van der Waals surface area (Å²) in [5.41, 5.74) is 17.5. The molecule has 0 radical (unpaired) electrons. The smallest absolute Gasteiger partial charge is 0.202 e. The summed E-state index contributed by atoms with van der Waals surface area (Å²) in [6, 6.07) is 28.6. The van der Waals surface area contributed by atoms with Gasteiger partial charge in [-0.25, -0.2) is 20.0 Å². The second kappa shape index (κ2) is 29.1. The molecule has 99 heavy (non-hydrogen) atoms. The quantitative estimate of drug-likeness (QED) is 0.0366. The molecule has 4 saturated carbocycles. The molecule has 2 aliphatic heterocycles. The van der Waals surface area contributed by atoms with Gasteiger partial charge in [0.2, 0.25) is 11.7 Å². The van der Waals surface area contributed by atoms with E-state index in [9.17, 15) is 0 Å². The standard InChI is InChI=1S/C89H116N8O2/c1-11-20-21-22-27-30-33-60-34-36-61(37-35-60)62-38-40-63(41-39-62)64-52-72-76(90-56-64)77-73(88(72)84(67(12-2)13-3)42-44-85(88,45-43-84)68(14-4)15-5)53-65(57-91-77)80-94-82-83(95-80)97-81(96-82)66-54-74-78(92-58-66)79-75(55-71(59-93-79)99-51-32-29-26-24-23-25-28-31-50-98-10)89(74)86(69(16-6)17-7)46-48-87(89,49-47-86)70(18-8)19-9/h34-41,52-59,67-70H,11-33,42-51H2,1-10H3. The summed E-state index contributed by atoms with van der Waals surface area (Å²) in [4.78, 5) is 43.5. The highest BCUT2D eigenvalue weighted by Crippen LogP contribution is 2.85. The molecule has 14 rings (SSSR count). The average molecular weight is 1330 g/mol. The topological polar surface area (TPSA) is 119 Å². The maximum Gasteiger partial charge on any atom is 0.202 e. The molecule has 10 heteroatoms. The largest absolute Gasteiger partial charge is 0.492 e. The van der Waals surface area contributed by atoms with Gasteiger partial charge in [0, 0.05) is 59.8 Å². The van der Waals surface area contributed by atoms with Crippen LogP contribution >= 0.6 is 0 Å². The van der Waals surface area contributed by atoms with Gasteiger partial charge in [0.05, 0.1) is 35.6 Å². The van der Waals surface area contributed by atoms with Gasteiger partial charge < -0.3 is 9.47 Å². The fourth-order valence-electron chi connectivity index (χ4n) is 24.0. The SMILES string of the molecule is CCCCCCCCc1ccc(-c2ccc(-c3cnc4c(c3)C3(c5cc(C6=NC7=NC(c8cnc9c(c8)C8(c%10cc(OCCCCCCCCCCOC)cnc%10-9)C9(C(CC)CC)CCC8(C(CC)CC)CC9)=NC7=N6)cnc5-4)C4(C(CC)CC)CCC3(C(CC)CC)CC4)cc2)cc1. The molecule has 2 spiro atoms. The van der Waals surface area contributed by atoms with Gasteiger partial charge in [-0.3, -0.25) is 19.9 Å². The van der Waals surface area contributed by atoms with Crippen LogP contribution in [0.5, 0.6) is 5.75 Å². The number of fused-ring (bicyclic) bond motifs is 7. The van der Waals surface area contributed by atoms with Gasteiger partial charge in [0.25, 0.3) is 0 Å². The van der Waals surface area contributed by atoms with Crippen molar-refractivity contribution in [1.29, 1.82) is 0 Å². The van der Waals surface area contributed by atoms with Crippen LogP contribution in [0.1, 0.15) is 294 Å². The molecule has 4 bridgehead atoms. The third kappa shape index (κ3) is 11.0. The number of methoxy groups -OCH3 is 1. The van der Waals surface area contributed by atoms with Gasteiger partial charge in [-0.2, -0.15) is 0 Å². The Kier molecular flexibility index (Phi) is 20.4. The molecule has 10 nitrogen and oxygen atoms in total. The fraction of sp³-hybridized carbons (Fsp3) is 0.596. The molecular formula is C89H116N8O2. The van der Waals surface area contributed by atoms with Crippen molar-refractivity contribution in [3.63, 3.8) is 0 Å². The maximum absolute atomic E-state index is 6.78. The van der Waals surface area contributed by atoms with Crippen molar-refractivity contribution in [2.24, 2.45) is 65.3 Å². The van der Waals surface area contributed by atoms with E-state index in [0.717, 1.165) is 117 Å². The molecule has 524 valence electrons. The predicted octanol–water partition coefficient (Wildman–Crippen LogP) is 23.1. The van der Waals surface area contributed by atoms with Crippen molar-refractivity contribution in [1.82, 2.24) is 19.9 Å². The number of aryl methyl sites for hydroxylation is 1.